The van der Waals surface area contributed by atoms with Gasteiger partial charge in [-0.15, -0.1) is 0 Å². The summed E-state index contributed by atoms with van der Waals surface area (Å²) in [6.07, 6.45) is 2.76. The highest BCUT2D eigenvalue weighted by molar-refractivity contribution is 5.35. The van der Waals surface area contributed by atoms with Crippen LogP contribution < -0.4 is 10.5 Å². The largest absolute Gasteiger partial charge is 0.488 e. The van der Waals surface area contributed by atoms with Crippen LogP contribution in [-0.2, 0) is 11.2 Å². The predicted molar refractivity (Wildman–Crippen MR) is 63.6 cm³/mol. The van der Waals surface area contributed by atoms with Crippen LogP contribution >= 0.6 is 0 Å². The number of hydrogen-bond acceptors (Lipinski definition) is 3. The van der Waals surface area contributed by atoms with Gasteiger partial charge in [-0.1, -0.05) is 12.1 Å². The Balaban J connectivity index is 2.02. The Bertz CT molecular complexity index is 364. The molecular weight excluding hydrogens is 221 g/mol. The zero-order valence-corrected chi connectivity index (χ0v) is 9.82. The van der Waals surface area contributed by atoms with Gasteiger partial charge in [0.15, 0.2) is 11.6 Å². The summed E-state index contributed by atoms with van der Waals surface area (Å²) >= 11 is 0. The number of benzene rings is 1. The zero-order chi connectivity index (χ0) is 12.1. The first-order valence-electron chi connectivity index (χ1n) is 6.03. The van der Waals surface area contributed by atoms with Gasteiger partial charge in [0.05, 0.1) is 6.10 Å². The highest BCUT2D eigenvalue weighted by Crippen LogP contribution is 2.24. The second kappa shape index (κ2) is 5.98. The third-order valence-corrected chi connectivity index (χ3v) is 2.90. The Morgan fingerprint density at radius 3 is 3.06 bits per heavy atom. The van der Waals surface area contributed by atoms with E-state index in [2.05, 4.69) is 0 Å². The lowest BCUT2D eigenvalue weighted by atomic mass is 10.1. The molecule has 1 aromatic rings. The quantitative estimate of drug-likeness (QED) is 0.853. The molecule has 2 N–H and O–H groups in total. The first-order valence-corrected chi connectivity index (χ1v) is 6.03. The normalized spacial score (nSPS) is 19.5. The molecule has 1 aromatic carbocycles. The fourth-order valence-electron chi connectivity index (χ4n) is 2.02. The number of ether oxygens (including phenoxy) is 2. The molecule has 1 saturated heterocycles. The lowest BCUT2D eigenvalue weighted by Crippen LogP contribution is -2.18. The van der Waals surface area contributed by atoms with Crippen LogP contribution in [0.2, 0.25) is 0 Å². The monoisotopic (exact) mass is 239 g/mol. The van der Waals surface area contributed by atoms with Crippen molar-refractivity contribution in [2.45, 2.75) is 25.4 Å². The van der Waals surface area contributed by atoms with Crippen molar-refractivity contribution >= 4 is 0 Å². The molecule has 1 aliphatic heterocycles. The smallest absolute Gasteiger partial charge is 0.165 e. The topological polar surface area (TPSA) is 44.5 Å². The maximum Gasteiger partial charge on any atom is 0.165 e. The van der Waals surface area contributed by atoms with Crippen molar-refractivity contribution in [3.8, 4) is 5.75 Å². The van der Waals surface area contributed by atoms with Gasteiger partial charge in [-0.25, -0.2) is 4.39 Å². The maximum absolute atomic E-state index is 13.6. The number of para-hydroxylation sites is 1. The van der Waals surface area contributed by atoms with Gasteiger partial charge in [-0.3, -0.25) is 0 Å². The SMILES string of the molecule is NCCc1cccc(F)c1OCC1CCCO1. The molecule has 1 fully saturated rings. The van der Waals surface area contributed by atoms with Crippen molar-refractivity contribution in [3.63, 3.8) is 0 Å². The van der Waals surface area contributed by atoms with Gasteiger partial charge in [0, 0.05) is 6.61 Å². The van der Waals surface area contributed by atoms with Crippen LogP contribution in [0.4, 0.5) is 4.39 Å². The van der Waals surface area contributed by atoms with E-state index in [0.717, 1.165) is 25.0 Å². The zero-order valence-electron chi connectivity index (χ0n) is 9.82. The van der Waals surface area contributed by atoms with Crippen molar-refractivity contribution in [1.82, 2.24) is 0 Å². The number of rotatable bonds is 5. The van der Waals surface area contributed by atoms with Crippen LogP contribution in [0, 0.1) is 5.82 Å². The molecule has 0 aromatic heterocycles. The third-order valence-electron chi connectivity index (χ3n) is 2.90. The molecule has 4 heteroatoms. The van der Waals surface area contributed by atoms with Gasteiger partial charge in [0.2, 0.25) is 0 Å². The highest BCUT2D eigenvalue weighted by Gasteiger charge is 2.18. The molecule has 1 aliphatic rings. The Kier molecular flexibility index (Phi) is 4.34. The molecule has 0 amide bonds. The second-order valence-corrected chi connectivity index (χ2v) is 4.21. The van der Waals surface area contributed by atoms with Crippen molar-refractivity contribution < 1.29 is 13.9 Å². The van der Waals surface area contributed by atoms with Gasteiger partial charge in [-0.2, -0.15) is 0 Å². The predicted octanol–water partition coefficient (Wildman–Crippen LogP) is 1.88. The minimum Gasteiger partial charge on any atom is -0.488 e. The van der Waals surface area contributed by atoms with Crippen LogP contribution in [0.15, 0.2) is 18.2 Å². The summed E-state index contributed by atoms with van der Waals surface area (Å²) in [5, 5.41) is 0. The molecule has 0 aliphatic carbocycles. The lowest BCUT2D eigenvalue weighted by Gasteiger charge is -2.15. The van der Waals surface area contributed by atoms with E-state index in [1.165, 1.54) is 6.07 Å². The molecule has 17 heavy (non-hydrogen) atoms. The van der Waals surface area contributed by atoms with Gasteiger partial charge in [0.1, 0.15) is 6.61 Å². The molecule has 0 bridgehead atoms. The standard InChI is InChI=1S/C13H18FNO2/c14-12-5-1-3-10(6-7-15)13(12)17-9-11-4-2-8-16-11/h1,3,5,11H,2,4,6-9,15H2. The van der Waals surface area contributed by atoms with Gasteiger partial charge < -0.3 is 15.2 Å². The molecule has 1 heterocycles. The summed E-state index contributed by atoms with van der Waals surface area (Å²) in [5.74, 6) is 0.00222. The number of hydrogen-bond donors (Lipinski definition) is 1. The molecule has 2 rings (SSSR count). The van der Waals surface area contributed by atoms with E-state index in [0.29, 0.717) is 25.3 Å². The Labute approximate surface area is 101 Å². The van der Waals surface area contributed by atoms with Crippen LogP contribution in [0.3, 0.4) is 0 Å². The maximum atomic E-state index is 13.6. The Hall–Kier alpha value is -1.13. The minimum atomic E-state index is -0.325. The molecule has 1 atom stereocenters. The minimum absolute atomic E-state index is 0.0975. The molecule has 1 unspecified atom stereocenters. The van der Waals surface area contributed by atoms with Crippen LogP contribution in [-0.4, -0.2) is 25.9 Å². The van der Waals surface area contributed by atoms with Crippen LogP contribution in [0.1, 0.15) is 18.4 Å². The molecule has 0 radical (unpaired) electrons. The summed E-state index contributed by atoms with van der Waals surface area (Å²) in [6.45, 7) is 1.68. The number of halogens is 1. The van der Waals surface area contributed by atoms with E-state index < -0.39 is 0 Å². The van der Waals surface area contributed by atoms with Crippen molar-refractivity contribution in [1.29, 1.82) is 0 Å². The van der Waals surface area contributed by atoms with Crippen molar-refractivity contribution in [3.05, 3.63) is 29.6 Å². The van der Waals surface area contributed by atoms with E-state index in [-0.39, 0.29) is 11.9 Å². The van der Waals surface area contributed by atoms with Crippen molar-refractivity contribution in [2.24, 2.45) is 5.73 Å². The van der Waals surface area contributed by atoms with Gasteiger partial charge in [-0.05, 0) is 37.4 Å². The van der Waals surface area contributed by atoms with Gasteiger partial charge in [0.25, 0.3) is 0 Å². The van der Waals surface area contributed by atoms with Crippen LogP contribution in [0.25, 0.3) is 0 Å². The molecule has 0 spiro atoms. The Morgan fingerprint density at radius 1 is 1.47 bits per heavy atom. The summed E-state index contributed by atoms with van der Waals surface area (Å²) in [5.41, 5.74) is 6.32. The number of nitrogens with two attached hydrogens (primary N) is 1. The first-order chi connectivity index (χ1) is 8.31. The third kappa shape index (κ3) is 3.17. The molecule has 3 nitrogen and oxygen atoms in total. The fraction of sp³-hybridized carbons (Fsp3) is 0.538. The fourth-order valence-corrected chi connectivity index (χ4v) is 2.02. The first kappa shape index (κ1) is 12.3. The van der Waals surface area contributed by atoms with E-state index in [1.54, 1.807) is 6.07 Å². The summed E-state index contributed by atoms with van der Waals surface area (Å²) in [4.78, 5) is 0. The molecule has 0 saturated carbocycles. The molecular formula is C13H18FNO2. The van der Waals surface area contributed by atoms with Crippen LogP contribution in [0.5, 0.6) is 5.75 Å². The summed E-state index contributed by atoms with van der Waals surface area (Å²) < 4.78 is 24.6. The van der Waals surface area contributed by atoms with E-state index >= 15 is 0 Å². The van der Waals surface area contributed by atoms with E-state index in [4.69, 9.17) is 15.2 Å². The van der Waals surface area contributed by atoms with E-state index in [9.17, 15) is 4.39 Å². The summed E-state index contributed by atoms with van der Waals surface area (Å²) in [7, 11) is 0. The van der Waals surface area contributed by atoms with E-state index in [1.807, 2.05) is 6.07 Å². The van der Waals surface area contributed by atoms with Gasteiger partial charge >= 0.3 is 0 Å². The second-order valence-electron chi connectivity index (χ2n) is 4.21. The Morgan fingerprint density at radius 2 is 2.35 bits per heavy atom. The average molecular weight is 239 g/mol. The van der Waals surface area contributed by atoms with Crippen molar-refractivity contribution in [2.75, 3.05) is 19.8 Å². The molecule has 94 valence electrons. The lowest BCUT2D eigenvalue weighted by molar-refractivity contribution is 0.0662. The highest BCUT2D eigenvalue weighted by atomic mass is 19.1. The summed E-state index contributed by atoms with van der Waals surface area (Å²) in [6, 6.07) is 4.94. The average Bonchev–Trinajstić information content (AvgIpc) is 2.82.